The Morgan fingerprint density at radius 3 is 2.42 bits per heavy atom. The summed E-state index contributed by atoms with van der Waals surface area (Å²) in [6.45, 7) is 7.79. The van der Waals surface area contributed by atoms with Gasteiger partial charge in [0.15, 0.2) is 0 Å². The average Bonchev–Trinajstić information content (AvgIpc) is 3.01. The summed E-state index contributed by atoms with van der Waals surface area (Å²) in [6.07, 6.45) is -5.26. The molecule has 3 aromatic carbocycles. The second kappa shape index (κ2) is 11.3. The third-order valence-corrected chi connectivity index (χ3v) is 8.49. The SMILES string of the molecule is C=Cc1cc(OC)c2c(c1)c(=O)oc1c3cccc(OC(=O)N4CCN(C)CC4)c3c([C@@H]3O[C@@H](C)[C@H](O)[C@@H](O)[C@H]3O)cc12. The summed E-state index contributed by atoms with van der Waals surface area (Å²) < 4.78 is 23.6. The second-order valence-corrected chi connectivity index (χ2v) is 11.2. The molecular weight excluding hydrogens is 556 g/mol. The Morgan fingerprint density at radius 1 is 0.977 bits per heavy atom. The number of carbonyl (C=O) groups is 1. The lowest BCUT2D eigenvalue weighted by molar-refractivity contribution is -0.219. The number of aliphatic hydroxyl groups excluding tert-OH is 3. The number of aliphatic hydroxyl groups is 3. The highest BCUT2D eigenvalue weighted by atomic mass is 16.6. The standard InChI is InChI=1S/C32H34N2O9/c1-5-17-13-21-25(23(14-17)40-4)19-15-20(30-28(37)27(36)26(35)16(2)41-30)24-18(29(19)43-31(21)38)7-6-8-22(24)42-32(39)34-11-9-33(3)10-12-34/h5-8,13-16,26-28,30,35-37H,1,9-12H2,2-4H3/t16-,26-,27+,28+,30-/m0/s1. The van der Waals surface area contributed by atoms with Crippen molar-refractivity contribution >= 4 is 44.7 Å². The fourth-order valence-electron chi connectivity index (χ4n) is 6.02. The van der Waals surface area contributed by atoms with Gasteiger partial charge < -0.3 is 43.7 Å². The molecule has 0 radical (unpaired) electrons. The van der Waals surface area contributed by atoms with Gasteiger partial charge in [0.2, 0.25) is 0 Å². The molecule has 0 unspecified atom stereocenters. The van der Waals surface area contributed by atoms with E-state index in [1.54, 1.807) is 54.3 Å². The van der Waals surface area contributed by atoms with Gasteiger partial charge in [0.25, 0.3) is 0 Å². The van der Waals surface area contributed by atoms with Crippen molar-refractivity contribution in [3.63, 3.8) is 0 Å². The number of fused-ring (bicyclic) bond motifs is 5. The quantitative estimate of drug-likeness (QED) is 0.240. The maximum absolute atomic E-state index is 13.4. The number of methoxy groups -OCH3 is 1. The molecule has 226 valence electrons. The molecule has 2 aliphatic rings. The van der Waals surface area contributed by atoms with Gasteiger partial charge in [-0.25, -0.2) is 9.59 Å². The van der Waals surface area contributed by atoms with Crippen molar-refractivity contribution < 1.29 is 38.7 Å². The molecule has 43 heavy (non-hydrogen) atoms. The largest absolute Gasteiger partial charge is 0.496 e. The Hall–Kier alpha value is -4.00. The van der Waals surface area contributed by atoms with Crippen molar-refractivity contribution in [1.82, 2.24) is 9.80 Å². The number of likely N-dealkylation sites (N-methyl/N-ethyl adjacent to an activating group) is 1. The fraction of sp³-hybridized carbons (Fsp3) is 0.375. The lowest BCUT2D eigenvalue weighted by Crippen LogP contribution is -2.53. The Kier molecular flexibility index (Phi) is 7.61. The summed E-state index contributed by atoms with van der Waals surface area (Å²) in [7, 11) is 3.48. The predicted molar refractivity (Wildman–Crippen MR) is 161 cm³/mol. The minimum Gasteiger partial charge on any atom is -0.496 e. The molecule has 2 fully saturated rings. The topological polar surface area (TPSA) is 142 Å². The van der Waals surface area contributed by atoms with Crippen molar-refractivity contribution in [1.29, 1.82) is 0 Å². The third kappa shape index (κ3) is 4.92. The van der Waals surface area contributed by atoms with Crippen LogP contribution >= 0.6 is 0 Å². The summed E-state index contributed by atoms with van der Waals surface area (Å²) in [5.41, 5.74) is 0.656. The van der Waals surface area contributed by atoms with E-state index in [4.69, 9.17) is 18.6 Å². The molecule has 2 aliphatic heterocycles. The van der Waals surface area contributed by atoms with E-state index in [1.165, 1.54) is 7.11 Å². The summed E-state index contributed by atoms with van der Waals surface area (Å²) in [5.74, 6) is 0.571. The van der Waals surface area contributed by atoms with Crippen molar-refractivity contribution in [3.8, 4) is 11.5 Å². The molecule has 3 heterocycles. The zero-order valence-corrected chi connectivity index (χ0v) is 24.1. The number of carbonyl (C=O) groups excluding carboxylic acids is 1. The van der Waals surface area contributed by atoms with Gasteiger partial charge in [-0.1, -0.05) is 24.8 Å². The second-order valence-electron chi connectivity index (χ2n) is 11.2. The van der Waals surface area contributed by atoms with Crippen molar-refractivity contribution in [2.24, 2.45) is 0 Å². The minimum atomic E-state index is -1.52. The van der Waals surface area contributed by atoms with Gasteiger partial charge in [-0.3, -0.25) is 0 Å². The number of piperazine rings is 1. The van der Waals surface area contributed by atoms with Crippen LogP contribution in [0.5, 0.6) is 11.5 Å². The Labute approximate surface area is 247 Å². The van der Waals surface area contributed by atoms with Crippen LogP contribution < -0.4 is 15.1 Å². The summed E-state index contributed by atoms with van der Waals surface area (Å²) in [5, 5.41) is 34.3. The number of ether oxygens (including phenoxy) is 3. The number of benzene rings is 3. The summed E-state index contributed by atoms with van der Waals surface area (Å²) >= 11 is 0. The van der Waals surface area contributed by atoms with Crippen LogP contribution in [0.25, 0.3) is 38.6 Å². The van der Waals surface area contributed by atoms with Gasteiger partial charge in [-0.05, 0) is 49.4 Å². The van der Waals surface area contributed by atoms with E-state index in [1.807, 2.05) is 7.05 Å². The molecule has 2 saturated heterocycles. The lowest BCUT2D eigenvalue weighted by Gasteiger charge is -2.40. The van der Waals surface area contributed by atoms with Crippen LogP contribution in [0.4, 0.5) is 4.79 Å². The molecule has 4 aromatic rings. The molecule has 11 heteroatoms. The number of hydrogen-bond acceptors (Lipinski definition) is 10. The Bertz CT molecular complexity index is 1790. The molecule has 3 N–H and O–H groups in total. The van der Waals surface area contributed by atoms with Crippen LogP contribution in [-0.2, 0) is 4.74 Å². The van der Waals surface area contributed by atoms with Crippen LogP contribution in [0, 0.1) is 0 Å². The van der Waals surface area contributed by atoms with E-state index in [0.717, 1.165) is 0 Å². The molecular formula is C32H34N2O9. The van der Waals surface area contributed by atoms with Gasteiger partial charge in [0.1, 0.15) is 41.5 Å². The summed E-state index contributed by atoms with van der Waals surface area (Å²) in [6, 6.07) is 10.1. The molecule has 0 saturated carbocycles. The molecule has 1 amide bonds. The molecule has 0 aliphatic carbocycles. The monoisotopic (exact) mass is 590 g/mol. The zero-order chi connectivity index (χ0) is 30.6. The Balaban J connectivity index is 1.64. The van der Waals surface area contributed by atoms with Crippen LogP contribution in [0.2, 0.25) is 0 Å². The van der Waals surface area contributed by atoms with E-state index >= 15 is 0 Å². The first-order valence-corrected chi connectivity index (χ1v) is 14.1. The van der Waals surface area contributed by atoms with Gasteiger partial charge in [0, 0.05) is 47.7 Å². The van der Waals surface area contributed by atoms with Gasteiger partial charge in [-0.15, -0.1) is 0 Å². The smallest absolute Gasteiger partial charge is 0.415 e. The molecule has 6 rings (SSSR count). The zero-order valence-electron chi connectivity index (χ0n) is 24.1. The first kappa shape index (κ1) is 29.1. The third-order valence-electron chi connectivity index (χ3n) is 8.49. The van der Waals surface area contributed by atoms with Gasteiger partial charge in [0.05, 0.1) is 18.6 Å². The average molecular weight is 591 g/mol. The number of amides is 1. The highest BCUT2D eigenvalue weighted by molar-refractivity contribution is 6.18. The van der Waals surface area contributed by atoms with Crippen molar-refractivity contribution in [3.05, 3.63) is 64.5 Å². The van der Waals surface area contributed by atoms with Crippen LogP contribution in [0.1, 0.15) is 24.2 Å². The van der Waals surface area contributed by atoms with Crippen LogP contribution in [-0.4, -0.2) is 96.0 Å². The van der Waals surface area contributed by atoms with E-state index in [0.29, 0.717) is 64.6 Å². The molecule has 5 atom stereocenters. The van der Waals surface area contributed by atoms with Crippen molar-refractivity contribution in [2.75, 3.05) is 40.3 Å². The Morgan fingerprint density at radius 2 is 1.72 bits per heavy atom. The first-order chi connectivity index (χ1) is 20.6. The minimum absolute atomic E-state index is 0.166. The number of nitrogens with zero attached hydrogens (tertiary/aromatic N) is 2. The normalized spacial score (nSPS) is 24.9. The molecule has 0 spiro atoms. The highest BCUT2D eigenvalue weighted by Gasteiger charge is 2.43. The van der Waals surface area contributed by atoms with Crippen molar-refractivity contribution in [2.45, 2.75) is 37.4 Å². The lowest BCUT2D eigenvalue weighted by atomic mass is 9.87. The number of rotatable bonds is 4. The highest BCUT2D eigenvalue weighted by Crippen LogP contribution is 2.45. The number of hydrogen-bond donors (Lipinski definition) is 3. The van der Waals surface area contributed by atoms with Crippen LogP contribution in [0.3, 0.4) is 0 Å². The van der Waals surface area contributed by atoms with Crippen LogP contribution in [0.15, 0.2) is 52.2 Å². The van der Waals surface area contributed by atoms with E-state index < -0.39 is 42.2 Å². The fourth-order valence-corrected chi connectivity index (χ4v) is 6.02. The molecule has 11 nitrogen and oxygen atoms in total. The predicted octanol–water partition coefficient (Wildman–Crippen LogP) is 3.04. The van der Waals surface area contributed by atoms with E-state index in [9.17, 15) is 24.9 Å². The maximum atomic E-state index is 13.4. The van der Waals surface area contributed by atoms with E-state index in [-0.39, 0.29) is 16.7 Å². The molecule has 0 bridgehead atoms. The van der Waals surface area contributed by atoms with Gasteiger partial charge >= 0.3 is 11.7 Å². The maximum Gasteiger partial charge on any atom is 0.415 e. The molecule has 1 aromatic heterocycles. The van der Waals surface area contributed by atoms with E-state index in [2.05, 4.69) is 11.5 Å². The summed E-state index contributed by atoms with van der Waals surface area (Å²) in [4.78, 5) is 30.4. The van der Waals surface area contributed by atoms with Gasteiger partial charge in [-0.2, -0.15) is 0 Å². The first-order valence-electron chi connectivity index (χ1n) is 14.1.